The molecule has 0 saturated heterocycles. The third-order valence-electron chi connectivity index (χ3n) is 3.33. The van der Waals surface area contributed by atoms with E-state index in [2.05, 4.69) is 43.0 Å². The van der Waals surface area contributed by atoms with Crippen LogP contribution >= 0.6 is 0 Å². The molecule has 82 valence electrons. The van der Waals surface area contributed by atoms with Gasteiger partial charge in [-0.05, 0) is 24.0 Å². The molecule has 15 heavy (non-hydrogen) atoms. The summed E-state index contributed by atoms with van der Waals surface area (Å²) >= 11 is 0. The molecule has 1 atom stereocenters. The Balaban J connectivity index is 2.26. The van der Waals surface area contributed by atoms with Crippen LogP contribution in [0.1, 0.15) is 19.4 Å². The van der Waals surface area contributed by atoms with Crippen LogP contribution < -0.4 is 10.6 Å². The lowest BCUT2D eigenvalue weighted by Crippen LogP contribution is -2.43. The Hall–Kier alpha value is -1.02. The number of para-hydroxylation sites is 1. The van der Waals surface area contributed by atoms with E-state index in [1.165, 1.54) is 17.7 Å². The van der Waals surface area contributed by atoms with Crippen LogP contribution in [0.25, 0.3) is 0 Å². The van der Waals surface area contributed by atoms with Gasteiger partial charge in [-0.2, -0.15) is 0 Å². The third-order valence-corrected chi connectivity index (χ3v) is 3.33. The van der Waals surface area contributed by atoms with Gasteiger partial charge in [0.05, 0.1) is 0 Å². The molecule has 0 saturated carbocycles. The van der Waals surface area contributed by atoms with Gasteiger partial charge >= 0.3 is 0 Å². The highest BCUT2D eigenvalue weighted by Gasteiger charge is 2.26. The van der Waals surface area contributed by atoms with E-state index in [4.69, 9.17) is 5.73 Å². The first kappa shape index (κ1) is 10.5. The summed E-state index contributed by atoms with van der Waals surface area (Å²) in [6, 6.07) is 9.16. The fourth-order valence-electron chi connectivity index (χ4n) is 2.47. The zero-order chi connectivity index (χ0) is 10.8. The van der Waals surface area contributed by atoms with E-state index >= 15 is 0 Å². The molecule has 2 rings (SSSR count). The number of benzene rings is 1. The maximum absolute atomic E-state index is 5.87. The Morgan fingerprint density at radius 3 is 2.73 bits per heavy atom. The fraction of sp³-hybridized carbons (Fsp3) is 0.538. The van der Waals surface area contributed by atoms with Crippen molar-refractivity contribution in [2.24, 2.45) is 11.7 Å². The molecule has 2 N–H and O–H groups in total. The number of fused-ring (bicyclic) bond motifs is 1. The van der Waals surface area contributed by atoms with Crippen LogP contribution in [0.3, 0.4) is 0 Å². The van der Waals surface area contributed by atoms with Crippen LogP contribution in [-0.4, -0.2) is 19.1 Å². The van der Waals surface area contributed by atoms with Gasteiger partial charge < -0.3 is 10.6 Å². The second kappa shape index (κ2) is 4.23. The Kier molecular flexibility index (Phi) is 2.96. The van der Waals surface area contributed by atoms with Crippen molar-refractivity contribution in [3.05, 3.63) is 29.8 Å². The average molecular weight is 204 g/mol. The molecule has 1 heterocycles. The van der Waals surface area contributed by atoms with Crippen LogP contribution in [0.2, 0.25) is 0 Å². The van der Waals surface area contributed by atoms with Crippen LogP contribution in [-0.2, 0) is 6.42 Å². The highest BCUT2D eigenvalue weighted by Crippen LogP contribution is 2.30. The molecule has 1 aliphatic heterocycles. The second-order valence-corrected chi connectivity index (χ2v) is 4.62. The molecule has 0 fully saturated rings. The lowest BCUT2D eigenvalue weighted by Gasteiger charge is -2.32. The van der Waals surface area contributed by atoms with Gasteiger partial charge in [-0.3, -0.25) is 0 Å². The van der Waals surface area contributed by atoms with Crippen LogP contribution in [0.4, 0.5) is 5.69 Å². The monoisotopic (exact) mass is 204 g/mol. The molecule has 0 amide bonds. The molecule has 2 heteroatoms. The second-order valence-electron chi connectivity index (χ2n) is 4.62. The van der Waals surface area contributed by atoms with Gasteiger partial charge in [-0.1, -0.05) is 32.0 Å². The van der Waals surface area contributed by atoms with E-state index in [-0.39, 0.29) is 0 Å². The van der Waals surface area contributed by atoms with E-state index in [0.29, 0.717) is 12.0 Å². The standard InChI is InChI=1S/C13H20N2/c1-10(2)13(9-14)15-8-7-11-5-3-4-6-12(11)15/h3-6,10,13H,7-9,14H2,1-2H3/t13-/m1/s1. The molecule has 1 aromatic rings. The predicted molar refractivity (Wildman–Crippen MR) is 65.2 cm³/mol. The molecule has 0 bridgehead atoms. The Morgan fingerprint density at radius 1 is 1.33 bits per heavy atom. The van der Waals surface area contributed by atoms with Gasteiger partial charge in [0.1, 0.15) is 0 Å². The molecule has 0 aromatic heterocycles. The summed E-state index contributed by atoms with van der Waals surface area (Å²) in [4.78, 5) is 2.47. The van der Waals surface area contributed by atoms with Crippen molar-refractivity contribution >= 4 is 5.69 Å². The van der Waals surface area contributed by atoms with E-state index in [0.717, 1.165) is 13.1 Å². The normalized spacial score (nSPS) is 16.9. The van der Waals surface area contributed by atoms with Crippen molar-refractivity contribution in [2.45, 2.75) is 26.3 Å². The number of anilines is 1. The van der Waals surface area contributed by atoms with Gasteiger partial charge in [0.25, 0.3) is 0 Å². The maximum Gasteiger partial charge on any atom is 0.0435 e. The van der Waals surface area contributed by atoms with Gasteiger partial charge in [-0.15, -0.1) is 0 Å². The van der Waals surface area contributed by atoms with Gasteiger partial charge in [0.2, 0.25) is 0 Å². The van der Waals surface area contributed by atoms with E-state index < -0.39 is 0 Å². The number of rotatable bonds is 3. The Labute approximate surface area is 92.1 Å². The topological polar surface area (TPSA) is 29.3 Å². The zero-order valence-electron chi connectivity index (χ0n) is 9.61. The average Bonchev–Trinajstić information content (AvgIpc) is 2.63. The van der Waals surface area contributed by atoms with Crippen molar-refractivity contribution in [2.75, 3.05) is 18.0 Å². The largest absolute Gasteiger partial charge is 0.366 e. The molecule has 0 radical (unpaired) electrons. The quantitative estimate of drug-likeness (QED) is 0.816. The zero-order valence-corrected chi connectivity index (χ0v) is 9.61. The fourth-order valence-corrected chi connectivity index (χ4v) is 2.47. The van der Waals surface area contributed by atoms with Gasteiger partial charge in [-0.25, -0.2) is 0 Å². The van der Waals surface area contributed by atoms with Crippen molar-refractivity contribution in [3.8, 4) is 0 Å². The van der Waals surface area contributed by atoms with Crippen LogP contribution in [0.15, 0.2) is 24.3 Å². The molecule has 0 spiro atoms. The van der Waals surface area contributed by atoms with Crippen molar-refractivity contribution < 1.29 is 0 Å². The summed E-state index contributed by atoms with van der Waals surface area (Å²) in [6.07, 6.45) is 1.17. The van der Waals surface area contributed by atoms with Gasteiger partial charge in [0, 0.05) is 24.8 Å². The summed E-state index contributed by atoms with van der Waals surface area (Å²) in [5.41, 5.74) is 8.73. The molecular weight excluding hydrogens is 184 g/mol. The van der Waals surface area contributed by atoms with E-state index in [1.54, 1.807) is 0 Å². The molecule has 1 aromatic carbocycles. The smallest absolute Gasteiger partial charge is 0.0435 e. The Morgan fingerprint density at radius 2 is 2.07 bits per heavy atom. The minimum Gasteiger partial charge on any atom is -0.366 e. The minimum absolute atomic E-state index is 0.480. The van der Waals surface area contributed by atoms with E-state index in [9.17, 15) is 0 Å². The van der Waals surface area contributed by atoms with Crippen LogP contribution in [0, 0.1) is 5.92 Å². The number of hydrogen-bond acceptors (Lipinski definition) is 2. The lowest BCUT2D eigenvalue weighted by atomic mass is 10.0. The minimum atomic E-state index is 0.480. The van der Waals surface area contributed by atoms with Crippen molar-refractivity contribution in [3.63, 3.8) is 0 Å². The third kappa shape index (κ3) is 1.86. The summed E-state index contributed by atoms with van der Waals surface area (Å²) < 4.78 is 0. The summed E-state index contributed by atoms with van der Waals surface area (Å²) in [7, 11) is 0. The first-order chi connectivity index (χ1) is 7.24. The predicted octanol–water partition coefficient (Wildman–Crippen LogP) is 2.03. The maximum atomic E-state index is 5.87. The molecule has 0 unspecified atom stereocenters. The SMILES string of the molecule is CC(C)[C@@H](CN)N1CCc2ccccc21. The molecular formula is C13H20N2. The highest BCUT2D eigenvalue weighted by molar-refractivity contribution is 5.58. The first-order valence-electron chi connectivity index (χ1n) is 5.78. The number of nitrogens with two attached hydrogens (primary N) is 1. The summed E-state index contributed by atoms with van der Waals surface area (Å²) in [6.45, 7) is 6.36. The highest BCUT2D eigenvalue weighted by atomic mass is 15.2. The lowest BCUT2D eigenvalue weighted by molar-refractivity contribution is 0.468. The summed E-state index contributed by atoms with van der Waals surface area (Å²) in [5, 5.41) is 0. The molecule has 2 nitrogen and oxygen atoms in total. The van der Waals surface area contributed by atoms with E-state index in [1.807, 2.05) is 0 Å². The number of nitrogens with zero attached hydrogens (tertiary/aromatic N) is 1. The first-order valence-corrected chi connectivity index (χ1v) is 5.78. The van der Waals surface area contributed by atoms with Gasteiger partial charge in [0.15, 0.2) is 0 Å². The Bertz CT molecular complexity index is 333. The number of hydrogen-bond donors (Lipinski definition) is 1. The molecule has 1 aliphatic rings. The summed E-state index contributed by atoms with van der Waals surface area (Å²) in [5.74, 6) is 0.612. The van der Waals surface area contributed by atoms with Crippen molar-refractivity contribution in [1.29, 1.82) is 0 Å². The van der Waals surface area contributed by atoms with Crippen LogP contribution in [0.5, 0.6) is 0 Å². The molecule has 0 aliphatic carbocycles. The van der Waals surface area contributed by atoms with Crippen molar-refractivity contribution in [1.82, 2.24) is 0 Å².